The van der Waals surface area contributed by atoms with Crippen molar-refractivity contribution in [3.05, 3.63) is 76.3 Å². The number of benzene rings is 2. The molecule has 0 aliphatic heterocycles. The average Bonchev–Trinajstić information content (AvgIpc) is 3.03. The number of nitrogens with one attached hydrogen (secondary N) is 2. The second-order valence-corrected chi connectivity index (χ2v) is 6.49. The summed E-state index contributed by atoms with van der Waals surface area (Å²) in [6.45, 7) is 0. The van der Waals surface area contributed by atoms with Crippen LogP contribution in [0, 0.1) is 0 Å². The number of thiazole rings is 1. The minimum absolute atomic E-state index is 0.141. The van der Waals surface area contributed by atoms with Gasteiger partial charge in [-0.1, -0.05) is 29.8 Å². The van der Waals surface area contributed by atoms with Gasteiger partial charge in [0.2, 0.25) is 5.91 Å². The first kappa shape index (κ1) is 17.1. The number of para-hydroxylation sites is 1. The fraction of sp³-hybridized carbons (Fsp3) is 0.0556. The van der Waals surface area contributed by atoms with E-state index in [0.717, 1.165) is 5.69 Å². The molecule has 1 heterocycles. The fourth-order valence-electron chi connectivity index (χ4n) is 2.11. The van der Waals surface area contributed by atoms with E-state index in [1.807, 2.05) is 30.3 Å². The molecule has 0 bridgehead atoms. The van der Waals surface area contributed by atoms with Crippen molar-refractivity contribution in [1.29, 1.82) is 0 Å². The van der Waals surface area contributed by atoms with Gasteiger partial charge in [-0.2, -0.15) is 0 Å². The van der Waals surface area contributed by atoms with Gasteiger partial charge in [0.1, 0.15) is 0 Å². The van der Waals surface area contributed by atoms with Crippen molar-refractivity contribution in [1.82, 2.24) is 4.98 Å². The third kappa shape index (κ3) is 4.89. The van der Waals surface area contributed by atoms with E-state index in [-0.39, 0.29) is 18.2 Å². The highest BCUT2D eigenvalue weighted by Crippen LogP contribution is 2.18. The second-order valence-electron chi connectivity index (χ2n) is 5.20. The first-order chi connectivity index (χ1) is 12.1. The number of amides is 2. The molecule has 0 spiro atoms. The summed E-state index contributed by atoms with van der Waals surface area (Å²) in [4.78, 5) is 28.4. The Morgan fingerprint density at radius 1 is 1.00 bits per heavy atom. The van der Waals surface area contributed by atoms with Crippen LogP contribution in [-0.4, -0.2) is 16.8 Å². The lowest BCUT2D eigenvalue weighted by molar-refractivity contribution is -0.115. The molecule has 7 heteroatoms. The predicted molar refractivity (Wildman–Crippen MR) is 100 cm³/mol. The first-order valence-corrected chi connectivity index (χ1v) is 8.72. The number of hydrogen-bond donors (Lipinski definition) is 2. The number of nitrogens with zero attached hydrogens (tertiary/aromatic N) is 1. The summed E-state index contributed by atoms with van der Waals surface area (Å²) in [5.41, 5.74) is 1.83. The highest BCUT2D eigenvalue weighted by Gasteiger charge is 2.11. The van der Waals surface area contributed by atoms with E-state index in [4.69, 9.17) is 11.6 Å². The number of anilines is 2. The summed E-state index contributed by atoms with van der Waals surface area (Å²) in [6, 6.07) is 15.8. The van der Waals surface area contributed by atoms with Gasteiger partial charge in [0.25, 0.3) is 5.91 Å². The Hall–Kier alpha value is -2.70. The first-order valence-electron chi connectivity index (χ1n) is 7.46. The molecule has 0 fully saturated rings. The topological polar surface area (TPSA) is 71.1 Å². The zero-order chi connectivity index (χ0) is 17.6. The molecule has 0 aliphatic rings. The summed E-state index contributed by atoms with van der Waals surface area (Å²) in [6.07, 6.45) is 0.141. The van der Waals surface area contributed by atoms with Crippen LogP contribution in [0.3, 0.4) is 0 Å². The van der Waals surface area contributed by atoms with Gasteiger partial charge in [-0.25, -0.2) is 4.98 Å². The van der Waals surface area contributed by atoms with Crippen molar-refractivity contribution in [3.8, 4) is 0 Å². The molecule has 3 rings (SSSR count). The molecular weight excluding hydrogens is 358 g/mol. The molecule has 25 heavy (non-hydrogen) atoms. The van der Waals surface area contributed by atoms with Crippen LogP contribution < -0.4 is 10.6 Å². The SMILES string of the molecule is O=C(Cc1csc(NC(=O)c2ccc(Cl)cc2)n1)Nc1ccccc1. The van der Waals surface area contributed by atoms with Gasteiger partial charge in [-0.15, -0.1) is 11.3 Å². The van der Waals surface area contributed by atoms with E-state index >= 15 is 0 Å². The minimum Gasteiger partial charge on any atom is -0.326 e. The molecule has 0 unspecified atom stereocenters. The highest BCUT2D eigenvalue weighted by molar-refractivity contribution is 7.14. The predicted octanol–water partition coefficient (Wildman–Crippen LogP) is 4.23. The average molecular weight is 372 g/mol. The van der Waals surface area contributed by atoms with Gasteiger partial charge >= 0.3 is 0 Å². The Kier molecular flexibility index (Phi) is 5.42. The van der Waals surface area contributed by atoms with Crippen LogP contribution in [0.25, 0.3) is 0 Å². The standard InChI is InChI=1S/C18H14ClN3O2S/c19-13-8-6-12(7-9-13)17(24)22-18-21-15(11-25-18)10-16(23)20-14-4-2-1-3-5-14/h1-9,11H,10H2,(H,20,23)(H,21,22,24). The second kappa shape index (κ2) is 7.92. The highest BCUT2D eigenvalue weighted by atomic mass is 35.5. The molecule has 0 atom stereocenters. The van der Waals surface area contributed by atoms with E-state index in [2.05, 4.69) is 15.6 Å². The molecular formula is C18H14ClN3O2S. The van der Waals surface area contributed by atoms with Gasteiger partial charge in [0, 0.05) is 21.7 Å². The van der Waals surface area contributed by atoms with Crippen LogP contribution in [0.4, 0.5) is 10.8 Å². The Morgan fingerprint density at radius 3 is 2.44 bits per heavy atom. The normalized spacial score (nSPS) is 10.3. The lowest BCUT2D eigenvalue weighted by Crippen LogP contribution is -2.15. The van der Waals surface area contributed by atoms with E-state index in [0.29, 0.717) is 21.4 Å². The van der Waals surface area contributed by atoms with Crippen LogP contribution >= 0.6 is 22.9 Å². The number of hydrogen-bond acceptors (Lipinski definition) is 4. The van der Waals surface area contributed by atoms with Crippen molar-refractivity contribution in [2.24, 2.45) is 0 Å². The Labute approximate surface area is 153 Å². The molecule has 1 aromatic heterocycles. The molecule has 2 amide bonds. The molecule has 126 valence electrons. The molecule has 5 nitrogen and oxygen atoms in total. The van der Waals surface area contributed by atoms with Gasteiger partial charge in [0.05, 0.1) is 12.1 Å². The number of carbonyl (C=O) groups is 2. The number of rotatable bonds is 5. The van der Waals surface area contributed by atoms with Crippen LogP contribution in [0.5, 0.6) is 0 Å². The molecule has 0 saturated heterocycles. The lowest BCUT2D eigenvalue weighted by atomic mass is 10.2. The number of carbonyl (C=O) groups excluding carboxylic acids is 2. The van der Waals surface area contributed by atoms with E-state index in [9.17, 15) is 9.59 Å². The van der Waals surface area contributed by atoms with E-state index in [1.165, 1.54) is 11.3 Å². The Bertz CT molecular complexity index is 879. The van der Waals surface area contributed by atoms with Crippen molar-refractivity contribution in [3.63, 3.8) is 0 Å². The molecule has 2 aromatic carbocycles. The van der Waals surface area contributed by atoms with Crippen molar-refractivity contribution >= 4 is 45.6 Å². The monoisotopic (exact) mass is 371 g/mol. The summed E-state index contributed by atoms with van der Waals surface area (Å²) in [5.74, 6) is -0.432. The van der Waals surface area contributed by atoms with Gasteiger partial charge in [-0.3, -0.25) is 14.9 Å². The third-order valence-electron chi connectivity index (χ3n) is 3.28. The van der Waals surface area contributed by atoms with Crippen molar-refractivity contribution in [2.45, 2.75) is 6.42 Å². The third-order valence-corrected chi connectivity index (χ3v) is 4.34. The molecule has 2 N–H and O–H groups in total. The molecule has 0 aliphatic carbocycles. The molecule has 3 aromatic rings. The van der Waals surface area contributed by atoms with Crippen LogP contribution in [0.1, 0.15) is 16.1 Å². The largest absolute Gasteiger partial charge is 0.326 e. The van der Waals surface area contributed by atoms with Gasteiger partial charge in [0.15, 0.2) is 5.13 Å². The van der Waals surface area contributed by atoms with E-state index in [1.54, 1.807) is 29.6 Å². The fourth-order valence-corrected chi connectivity index (χ4v) is 2.94. The molecule has 0 saturated carbocycles. The summed E-state index contributed by atoms with van der Waals surface area (Å²) in [5, 5.41) is 8.28. The summed E-state index contributed by atoms with van der Waals surface area (Å²) < 4.78 is 0. The van der Waals surface area contributed by atoms with Gasteiger partial charge < -0.3 is 5.32 Å². The maximum absolute atomic E-state index is 12.1. The van der Waals surface area contributed by atoms with E-state index < -0.39 is 0 Å². The van der Waals surface area contributed by atoms with Crippen LogP contribution in [0.15, 0.2) is 60.0 Å². The van der Waals surface area contributed by atoms with Crippen LogP contribution in [-0.2, 0) is 11.2 Å². The molecule has 0 radical (unpaired) electrons. The van der Waals surface area contributed by atoms with Crippen LogP contribution in [0.2, 0.25) is 5.02 Å². The van der Waals surface area contributed by atoms with Gasteiger partial charge in [-0.05, 0) is 36.4 Å². The Balaban J connectivity index is 1.57. The maximum Gasteiger partial charge on any atom is 0.257 e. The van der Waals surface area contributed by atoms with Crippen molar-refractivity contribution in [2.75, 3.05) is 10.6 Å². The smallest absolute Gasteiger partial charge is 0.257 e. The zero-order valence-corrected chi connectivity index (χ0v) is 14.6. The Morgan fingerprint density at radius 2 is 1.72 bits per heavy atom. The number of halogens is 1. The minimum atomic E-state index is -0.272. The number of aromatic nitrogens is 1. The lowest BCUT2D eigenvalue weighted by Gasteiger charge is -2.03. The zero-order valence-electron chi connectivity index (χ0n) is 13.0. The summed E-state index contributed by atoms with van der Waals surface area (Å²) in [7, 11) is 0. The van der Waals surface area contributed by atoms with Crippen molar-refractivity contribution < 1.29 is 9.59 Å². The summed E-state index contributed by atoms with van der Waals surface area (Å²) >= 11 is 7.08. The maximum atomic E-state index is 12.1. The quantitative estimate of drug-likeness (QED) is 0.705.